The third-order valence-electron chi connectivity index (χ3n) is 7.71. The number of hydrogen-bond donors (Lipinski definition) is 2. The number of likely N-dealkylation sites (tertiary alicyclic amines) is 1. The fraction of sp³-hybridized carbons (Fsp3) is 0.333. The van der Waals surface area contributed by atoms with E-state index in [9.17, 15) is 9.59 Å². The van der Waals surface area contributed by atoms with Gasteiger partial charge in [-0.25, -0.2) is 0 Å². The average molecular weight is 472 g/mol. The van der Waals surface area contributed by atoms with Crippen molar-refractivity contribution in [2.75, 3.05) is 19.9 Å². The van der Waals surface area contributed by atoms with Gasteiger partial charge in [-0.3, -0.25) is 9.59 Å². The van der Waals surface area contributed by atoms with Gasteiger partial charge in [-0.2, -0.15) is 0 Å². The van der Waals surface area contributed by atoms with E-state index in [1.807, 2.05) is 59.6 Å². The Morgan fingerprint density at radius 2 is 2.06 bits per heavy atom. The zero-order chi connectivity index (χ0) is 23.6. The Kier molecular flexibility index (Phi) is 4.48. The Hall–Kier alpha value is -3.78. The molecule has 8 nitrogen and oxygen atoms in total. The maximum atomic E-state index is 13.5. The van der Waals surface area contributed by atoms with Crippen molar-refractivity contribution in [1.29, 1.82) is 0 Å². The third-order valence-corrected chi connectivity index (χ3v) is 7.71. The fourth-order valence-corrected chi connectivity index (χ4v) is 6.02. The molecule has 2 amide bonds. The number of benzene rings is 2. The number of carbonyl (C=O) groups is 2. The summed E-state index contributed by atoms with van der Waals surface area (Å²) >= 11 is 0. The van der Waals surface area contributed by atoms with Crippen molar-refractivity contribution in [3.05, 3.63) is 71.9 Å². The average Bonchev–Trinajstić information content (AvgIpc) is 3.68. The maximum Gasteiger partial charge on any atom is 0.231 e. The predicted molar refractivity (Wildman–Crippen MR) is 127 cm³/mol. The minimum absolute atomic E-state index is 0.0000733. The highest BCUT2D eigenvalue weighted by Crippen LogP contribution is 2.52. The van der Waals surface area contributed by atoms with Crippen molar-refractivity contribution in [2.45, 2.75) is 24.7 Å². The Labute approximate surface area is 201 Å². The number of ether oxygens (including phenoxy) is 3. The van der Waals surface area contributed by atoms with Gasteiger partial charge in [0.15, 0.2) is 11.5 Å². The van der Waals surface area contributed by atoms with Crippen LogP contribution in [0.4, 0.5) is 0 Å². The predicted octanol–water partition coefficient (Wildman–Crippen LogP) is 2.54. The lowest BCUT2D eigenvalue weighted by molar-refractivity contribution is -0.137. The Balaban J connectivity index is 1.05. The summed E-state index contributed by atoms with van der Waals surface area (Å²) in [5, 5.41) is 4.19. The normalized spacial score (nSPS) is 27.7. The second-order valence-electron chi connectivity index (χ2n) is 9.67. The largest absolute Gasteiger partial charge is 0.454 e. The molecule has 1 aromatic heterocycles. The Morgan fingerprint density at radius 3 is 3.00 bits per heavy atom. The molecule has 0 saturated carbocycles. The number of nitrogens with one attached hydrogen (secondary N) is 2. The molecule has 2 saturated heterocycles. The van der Waals surface area contributed by atoms with Gasteiger partial charge in [0.2, 0.25) is 18.6 Å². The number of hydrogen-bond acceptors (Lipinski definition) is 5. The van der Waals surface area contributed by atoms with Crippen LogP contribution in [0.2, 0.25) is 0 Å². The van der Waals surface area contributed by atoms with E-state index in [1.165, 1.54) is 10.9 Å². The first-order valence-electron chi connectivity index (χ1n) is 12.0. The monoisotopic (exact) mass is 471 g/mol. The molecule has 2 fully saturated rings. The number of aromatic amines is 1. The van der Waals surface area contributed by atoms with E-state index >= 15 is 0 Å². The van der Waals surface area contributed by atoms with Crippen LogP contribution in [-0.2, 0) is 27.3 Å². The highest BCUT2D eigenvalue weighted by Gasteiger charge is 2.66. The quantitative estimate of drug-likeness (QED) is 0.539. The summed E-state index contributed by atoms with van der Waals surface area (Å²) in [4.78, 5) is 31.9. The van der Waals surface area contributed by atoms with Crippen LogP contribution in [0, 0.1) is 11.8 Å². The van der Waals surface area contributed by atoms with Gasteiger partial charge in [-0.05, 0) is 35.7 Å². The number of para-hydroxylation sites is 1. The minimum atomic E-state index is -0.706. The number of H-pyrrole nitrogens is 1. The lowest BCUT2D eigenvalue weighted by Crippen LogP contribution is -2.44. The number of amides is 2. The smallest absolute Gasteiger partial charge is 0.231 e. The molecular weight excluding hydrogens is 446 g/mol. The van der Waals surface area contributed by atoms with Gasteiger partial charge in [0.05, 0.1) is 24.5 Å². The molecule has 2 bridgehead atoms. The van der Waals surface area contributed by atoms with Crippen LogP contribution in [0.25, 0.3) is 10.9 Å². The van der Waals surface area contributed by atoms with Gasteiger partial charge in [-0.1, -0.05) is 36.4 Å². The molecule has 35 heavy (non-hydrogen) atoms. The summed E-state index contributed by atoms with van der Waals surface area (Å²) in [7, 11) is 0. The molecular formula is C27H25N3O5. The van der Waals surface area contributed by atoms with E-state index < -0.39 is 17.4 Å². The van der Waals surface area contributed by atoms with Crippen LogP contribution < -0.4 is 14.8 Å². The number of rotatable bonds is 6. The molecule has 0 aliphatic carbocycles. The molecule has 3 aromatic rings. The van der Waals surface area contributed by atoms with Gasteiger partial charge in [-0.15, -0.1) is 0 Å². The van der Waals surface area contributed by atoms with Crippen LogP contribution in [0.15, 0.2) is 60.8 Å². The third kappa shape index (κ3) is 3.16. The Morgan fingerprint density at radius 1 is 1.17 bits per heavy atom. The molecule has 8 heteroatoms. The lowest BCUT2D eigenvalue weighted by Gasteiger charge is -2.23. The van der Waals surface area contributed by atoms with Crippen molar-refractivity contribution in [3.8, 4) is 11.5 Å². The van der Waals surface area contributed by atoms with E-state index in [1.54, 1.807) is 0 Å². The number of nitrogens with zero attached hydrogens (tertiary/aromatic N) is 1. The molecule has 0 radical (unpaired) electrons. The zero-order valence-corrected chi connectivity index (χ0v) is 19.0. The molecule has 2 unspecified atom stereocenters. The molecule has 5 heterocycles. The second-order valence-corrected chi connectivity index (χ2v) is 9.67. The topological polar surface area (TPSA) is 92.9 Å². The van der Waals surface area contributed by atoms with Crippen molar-refractivity contribution in [2.24, 2.45) is 11.8 Å². The van der Waals surface area contributed by atoms with E-state index in [0.29, 0.717) is 31.1 Å². The van der Waals surface area contributed by atoms with Crippen LogP contribution in [-0.4, -0.2) is 53.3 Å². The molecule has 2 aromatic carbocycles. The van der Waals surface area contributed by atoms with Gasteiger partial charge in [0, 0.05) is 30.2 Å². The van der Waals surface area contributed by atoms with E-state index in [0.717, 1.165) is 17.5 Å². The van der Waals surface area contributed by atoms with Gasteiger partial charge in [0.1, 0.15) is 5.60 Å². The second kappa shape index (κ2) is 7.61. The van der Waals surface area contributed by atoms with Crippen molar-refractivity contribution in [1.82, 2.24) is 15.2 Å². The highest BCUT2D eigenvalue weighted by atomic mass is 16.7. The van der Waals surface area contributed by atoms with Gasteiger partial charge < -0.3 is 29.4 Å². The molecule has 2 N–H and O–H groups in total. The zero-order valence-electron chi connectivity index (χ0n) is 19.0. The van der Waals surface area contributed by atoms with Crippen LogP contribution in [0.3, 0.4) is 0 Å². The summed E-state index contributed by atoms with van der Waals surface area (Å²) in [5.74, 6) is 0.212. The van der Waals surface area contributed by atoms with Crippen LogP contribution >= 0.6 is 0 Å². The first-order chi connectivity index (χ1) is 17.1. The first kappa shape index (κ1) is 20.6. The molecule has 4 aliphatic rings. The summed E-state index contributed by atoms with van der Waals surface area (Å²) in [6.45, 7) is 1.63. The number of carbonyl (C=O) groups excluding carboxylic acids is 2. The lowest BCUT2D eigenvalue weighted by atomic mass is 9.77. The van der Waals surface area contributed by atoms with Crippen molar-refractivity contribution in [3.63, 3.8) is 0 Å². The summed E-state index contributed by atoms with van der Waals surface area (Å²) in [6, 6.07) is 13.8. The molecule has 4 atom stereocenters. The van der Waals surface area contributed by atoms with Crippen LogP contribution in [0.5, 0.6) is 11.5 Å². The van der Waals surface area contributed by atoms with Crippen LogP contribution in [0.1, 0.15) is 11.1 Å². The SMILES string of the molecule is O=C(NCc1ccc2c(c1)OCO2)C1C2C(=O)N(CCc3c[nH]c4ccccc34)C[C@@]23C=C[C@@H]1O3. The molecule has 178 valence electrons. The summed E-state index contributed by atoms with van der Waals surface area (Å²) < 4.78 is 17.0. The maximum absolute atomic E-state index is 13.5. The fourth-order valence-electron chi connectivity index (χ4n) is 6.02. The van der Waals surface area contributed by atoms with E-state index in [-0.39, 0.29) is 24.7 Å². The summed E-state index contributed by atoms with van der Waals surface area (Å²) in [5.41, 5.74) is 2.48. The minimum Gasteiger partial charge on any atom is -0.454 e. The number of aromatic nitrogens is 1. The van der Waals surface area contributed by atoms with Crippen molar-refractivity contribution < 1.29 is 23.8 Å². The van der Waals surface area contributed by atoms with Crippen molar-refractivity contribution >= 4 is 22.7 Å². The van der Waals surface area contributed by atoms with E-state index in [2.05, 4.69) is 16.4 Å². The Bertz CT molecular complexity index is 1380. The van der Waals surface area contributed by atoms with Gasteiger partial charge >= 0.3 is 0 Å². The molecule has 7 rings (SSSR count). The number of fused-ring (bicyclic) bond motifs is 3. The first-order valence-corrected chi connectivity index (χ1v) is 12.0. The molecule has 4 aliphatic heterocycles. The summed E-state index contributed by atoms with van der Waals surface area (Å²) in [6.07, 6.45) is 6.33. The standard InChI is InChI=1S/C27H25N3O5/c31-25(29-12-16-5-6-20-22(11-16)34-15-33-20)23-21-7-9-27(35-21)14-30(26(32)24(23)27)10-8-17-13-28-19-4-2-1-3-18(17)19/h1-7,9,11,13,21,23-24,28H,8,10,12,14-15H2,(H,29,31)/t21-,23?,24?,27-/m0/s1. The highest BCUT2D eigenvalue weighted by molar-refractivity contribution is 5.93. The van der Waals surface area contributed by atoms with Gasteiger partial charge in [0.25, 0.3) is 0 Å². The molecule has 1 spiro atoms. The van der Waals surface area contributed by atoms with E-state index in [4.69, 9.17) is 14.2 Å².